The first-order chi connectivity index (χ1) is 15.7. The van der Waals surface area contributed by atoms with E-state index < -0.39 is 16.9 Å². The second kappa shape index (κ2) is 9.45. The van der Waals surface area contributed by atoms with E-state index in [-0.39, 0.29) is 24.5 Å². The molecule has 176 valence electrons. The quantitative estimate of drug-likeness (QED) is 0.715. The first-order valence-electron chi connectivity index (χ1n) is 11.4. The molecule has 0 aromatic heterocycles. The topological polar surface area (TPSA) is 78.9 Å². The number of hydrogen-bond acceptors (Lipinski definition) is 4. The van der Waals surface area contributed by atoms with Crippen LogP contribution < -0.4 is 5.32 Å². The Bertz CT molecular complexity index is 995. The van der Waals surface area contributed by atoms with Gasteiger partial charge < -0.3 is 20.1 Å². The summed E-state index contributed by atoms with van der Waals surface area (Å²) in [6, 6.07) is 16.0. The zero-order valence-corrected chi connectivity index (χ0v) is 19.8. The molecule has 2 saturated heterocycles. The molecule has 7 heteroatoms. The van der Waals surface area contributed by atoms with Gasteiger partial charge in [0.1, 0.15) is 0 Å². The van der Waals surface area contributed by atoms with Gasteiger partial charge in [0.05, 0.1) is 18.1 Å². The molecule has 3 unspecified atom stereocenters. The normalized spacial score (nSPS) is 27.1. The Balaban J connectivity index is 1.48. The Kier molecular flexibility index (Phi) is 6.80. The number of ether oxygens (including phenoxy) is 1. The lowest BCUT2D eigenvalue weighted by Crippen LogP contribution is -2.60. The molecular formula is C26H31ClN2O4. The monoisotopic (exact) mass is 470 g/mol. The molecule has 0 radical (unpaired) electrons. The number of carbonyl (C=O) groups is 2. The van der Waals surface area contributed by atoms with Crippen LogP contribution in [0.4, 0.5) is 0 Å². The SMILES string of the molecule is CC1(C)CN(C(=O)C2COCCC2NC(=O)c2ccccc2)CCC1(O)c1ccc(Cl)cc1. The number of likely N-dealkylation sites (tertiary alicyclic amines) is 1. The Morgan fingerprint density at radius 2 is 1.82 bits per heavy atom. The number of nitrogens with zero attached hydrogens (tertiary/aromatic N) is 1. The Morgan fingerprint density at radius 1 is 1.12 bits per heavy atom. The molecule has 0 saturated carbocycles. The van der Waals surface area contributed by atoms with Gasteiger partial charge >= 0.3 is 0 Å². The minimum atomic E-state index is -1.07. The van der Waals surface area contributed by atoms with E-state index in [9.17, 15) is 14.7 Å². The van der Waals surface area contributed by atoms with Crippen molar-refractivity contribution in [3.63, 3.8) is 0 Å². The van der Waals surface area contributed by atoms with Gasteiger partial charge in [-0.2, -0.15) is 0 Å². The van der Waals surface area contributed by atoms with E-state index in [1.54, 1.807) is 24.3 Å². The first-order valence-corrected chi connectivity index (χ1v) is 11.8. The fraction of sp³-hybridized carbons (Fsp3) is 0.462. The summed E-state index contributed by atoms with van der Waals surface area (Å²) in [6.45, 7) is 5.57. The number of amides is 2. The molecule has 33 heavy (non-hydrogen) atoms. The lowest BCUT2D eigenvalue weighted by Gasteiger charge is -2.51. The number of benzene rings is 2. The first kappa shape index (κ1) is 23.7. The maximum Gasteiger partial charge on any atom is 0.251 e. The third kappa shape index (κ3) is 4.79. The predicted molar refractivity (Wildman–Crippen MR) is 127 cm³/mol. The smallest absolute Gasteiger partial charge is 0.251 e. The van der Waals surface area contributed by atoms with Crippen LogP contribution in [-0.2, 0) is 15.1 Å². The molecule has 0 spiro atoms. The van der Waals surface area contributed by atoms with Gasteiger partial charge in [0.15, 0.2) is 0 Å². The van der Waals surface area contributed by atoms with E-state index >= 15 is 0 Å². The fourth-order valence-corrected chi connectivity index (χ4v) is 5.13. The molecule has 2 aliphatic heterocycles. The number of halogens is 1. The van der Waals surface area contributed by atoms with Crippen molar-refractivity contribution in [3.05, 3.63) is 70.7 Å². The summed E-state index contributed by atoms with van der Waals surface area (Å²) in [5.74, 6) is -0.681. The highest BCUT2D eigenvalue weighted by Gasteiger charge is 2.50. The van der Waals surface area contributed by atoms with Crippen LogP contribution in [-0.4, -0.2) is 54.2 Å². The molecule has 2 aliphatic rings. The van der Waals surface area contributed by atoms with Crippen molar-refractivity contribution in [2.45, 2.75) is 38.3 Å². The fourth-order valence-electron chi connectivity index (χ4n) is 5.00. The second-order valence-corrected chi connectivity index (χ2v) is 10.1. The van der Waals surface area contributed by atoms with Crippen molar-refractivity contribution >= 4 is 23.4 Å². The van der Waals surface area contributed by atoms with Crippen LogP contribution in [0.3, 0.4) is 0 Å². The predicted octanol–water partition coefficient (Wildman–Crippen LogP) is 3.62. The Morgan fingerprint density at radius 3 is 2.48 bits per heavy atom. The van der Waals surface area contributed by atoms with E-state index in [1.807, 2.05) is 49.1 Å². The molecule has 4 rings (SSSR count). The van der Waals surface area contributed by atoms with E-state index in [2.05, 4.69) is 5.32 Å². The van der Waals surface area contributed by atoms with Gasteiger partial charge in [0.25, 0.3) is 5.91 Å². The molecule has 2 amide bonds. The van der Waals surface area contributed by atoms with Crippen molar-refractivity contribution in [3.8, 4) is 0 Å². The van der Waals surface area contributed by atoms with Gasteiger partial charge in [-0.1, -0.05) is 55.8 Å². The molecule has 0 bridgehead atoms. The van der Waals surface area contributed by atoms with E-state index in [1.165, 1.54) is 0 Å². The van der Waals surface area contributed by atoms with Gasteiger partial charge in [-0.15, -0.1) is 0 Å². The van der Waals surface area contributed by atoms with Crippen molar-refractivity contribution in [1.29, 1.82) is 0 Å². The van der Waals surface area contributed by atoms with Crippen molar-refractivity contribution in [2.24, 2.45) is 11.3 Å². The third-order valence-electron chi connectivity index (χ3n) is 7.11. The molecular weight excluding hydrogens is 440 g/mol. The van der Waals surface area contributed by atoms with Crippen LogP contribution in [0.2, 0.25) is 5.02 Å². The van der Waals surface area contributed by atoms with Crippen molar-refractivity contribution in [1.82, 2.24) is 10.2 Å². The van der Waals surface area contributed by atoms with Gasteiger partial charge in [-0.05, 0) is 42.7 Å². The lowest BCUT2D eigenvalue weighted by molar-refractivity contribution is -0.160. The van der Waals surface area contributed by atoms with Crippen molar-refractivity contribution < 1.29 is 19.4 Å². The minimum absolute atomic E-state index is 0.0423. The third-order valence-corrected chi connectivity index (χ3v) is 7.36. The maximum atomic E-state index is 13.6. The van der Waals surface area contributed by atoms with Gasteiger partial charge in [-0.25, -0.2) is 0 Å². The highest BCUT2D eigenvalue weighted by molar-refractivity contribution is 6.30. The molecule has 3 atom stereocenters. The zero-order valence-electron chi connectivity index (χ0n) is 19.1. The van der Waals surface area contributed by atoms with Gasteiger partial charge in [0.2, 0.25) is 5.91 Å². The van der Waals surface area contributed by atoms with Crippen molar-refractivity contribution in [2.75, 3.05) is 26.3 Å². The minimum Gasteiger partial charge on any atom is -0.384 e. The summed E-state index contributed by atoms with van der Waals surface area (Å²) in [4.78, 5) is 28.1. The Labute approximate surface area is 199 Å². The highest BCUT2D eigenvalue weighted by Crippen LogP contribution is 2.46. The summed E-state index contributed by atoms with van der Waals surface area (Å²) < 4.78 is 5.62. The van der Waals surface area contributed by atoms with Crippen LogP contribution in [0.5, 0.6) is 0 Å². The number of nitrogens with one attached hydrogen (secondary N) is 1. The molecule has 2 aromatic rings. The summed E-state index contributed by atoms with van der Waals surface area (Å²) in [7, 11) is 0. The molecule has 6 nitrogen and oxygen atoms in total. The van der Waals surface area contributed by atoms with E-state index in [0.717, 1.165) is 5.56 Å². The van der Waals surface area contributed by atoms with Crippen LogP contribution in [0.25, 0.3) is 0 Å². The summed E-state index contributed by atoms with van der Waals surface area (Å²) >= 11 is 6.03. The Hall–Kier alpha value is -2.41. The number of piperidine rings is 1. The average molecular weight is 471 g/mol. The van der Waals surface area contributed by atoms with Gasteiger partial charge in [-0.3, -0.25) is 9.59 Å². The molecule has 2 heterocycles. The van der Waals surface area contributed by atoms with Crippen LogP contribution in [0, 0.1) is 11.3 Å². The standard InChI is InChI=1S/C26H31ClN2O4/c1-25(2)17-29(14-13-26(25,32)19-8-10-20(27)11-9-19)24(31)21-16-33-15-12-22(21)28-23(30)18-6-4-3-5-7-18/h3-11,21-22,32H,12-17H2,1-2H3,(H,28,30). The zero-order chi connectivity index (χ0) is 23.6. The summed E-state index contributed by atoms with van der Waals surface area (Å²) in [5.41, 5.74) is -0.272. The highest BCUT2D eigenvalue weighted by atomic mass is 35.5. The van der Waals surface area contributed by atoms with E-state index in [0.29, 0.717) is 43.1 Å². The maximum absolute atomic E-state index is 13.6. The number of hydrogen-bond donors (Lipinski definition) is 2. The summed E-state index contributed by atoms with van der Waals surface area (Å²) in [5, 5.41) is 15.3. The second-order valence-electron chi connectivity index (χ2n) is 9.68. The molecule has 0 aliphatic carbocycles. The molecule has 2 N–H and O–H groups in total. The van der Waals surface area contributed by atoms with Gasteiger partial charge in [0, 0.05) is 41.7 Å². The molecule has 2 aromatic carbocycles. The number of aliphatic hydroxyl groups is 1. The summed E-state index contributed by atoms with van der Waals surface area (Å²) in [6.07, 6.45) is 1.00. The average Bonchev–Trinajstić information content (AvgIpc) is 2.81. The lowest BCUT2D eigenvalue weighted by atomic mass is 9.66. The van der Waals surface area contributed by atoms with Crippen LogP contribution in [0.1, 0.15) is 42.6 Å². The van der Waals surface area contributed by atoms with E-state index in [4.69, 9.17) is 16.3 Å². The number of carbonyl (C=O) groups excluding carboxylic acids is 2. The largest absolute Gasteiger partial charge is 0.384 e. The van der Waals surface area contributed by atoms with Crippen LogP contribution >= 0.6 is 11.6 Å². The number of rotatable bonds is 4. The van der Waals surface area contributed by atoms with Crippen LogP contribution in [0.15, 0.2) is 54.6 Å². The molecule has 2 fully saturated rings.